The number of non-ortho nitro benzene ring substituents is 1. The van der Waals surface area contributed by atoms with Crippen LogP contribution in [0.15, 0.2) is 53.4 Å². The first-order valence-electron chi connectivity index (χ1n) is 6.14. The Morgan fingerprint density at radius 3 is 2.29 bits per heavy atom. The lowest BCUT2D eigenvalue weighted by Gasteiger charge is -2.01. The molecule has 21 heavy (non-hydrogen) atoms. The molecule has 0 unspecified atom stereocenters. The molecular weight excluding hydrogens is 284 g/mol. The summed E-state index contributed by atoms with van der Waals surface area (Å²) in [7, 11) is 0. The minimum atomic E-state index is -0.458. The standard InChI is InChI=1S/C16H12N2O2S/c1-21-16-8-2-12(3-9-16)10-14(11-17)13-4-6-15(7-5-13)18(19)20/h2-10H,1H3. The summed E-state index contributed by atoms with van der Waals surface area (Å²) in [6, 6.07) is 16.0. The smallest absolute Gasteiger partial charge is 0.258 e. The maximum Gasteiger partial charge on any atom is 0.269 e. The molecule has 5 heteroatoms. The molecule has 4 nitrogen and oxygen atoms in total. The number of allylic oxidation sites excluding steroid dienone is 1. The molecule has 0 spiro atoms. The maximum atomic E-state index is 10.6. The Morgan fingerprint density at radius 2 is 1.81 bits per heavy atom. The van der Waals surface area contributed by atoms with Gasteiger partial charge in [-0.2, -0.15) is 5.26 Å². The average molecular weight is 296 g/mol. The number of nitrogens with zero attached hydrogens (tertiary/aromatic N) is 2. The van der Waals surface area contributed by atoms with Crippen LogP contribution in [0.1, 0.15) is 11.1 Å². The monoisotopic (exact) mass is 296 g/mol. The van der Waals surface area contributed by atoms with Crippen molar-refractivity contribution >= 4 is 29.1 Å². The van der Waals surface area contributed by atoms with Crippen molar-refractivity contribution in [2.75, 3.05) is 6.26 Å². The molecule has 2 aromatic rings. The van der Waals surface area contributed by atoms with Gasteiger partial charge in [-0.3, -0.25) is 10.1 Å². The molecule has 0 aliphatic heterocycles. The van der Waals surface area contributed by atoms with Gasteiger partial charge < -0.3 is 0 Å². The van der Waals surface area contributed by atoms with Crippen LogP contribution in [-0.2, 0) is 0 Å². The van der Waals surface area contributed by atoms with Crippen molar-refractivity contribution in [2.45, 2.75) is 4.90 Å². The van der Waals surface area contributed by atoms with E-state index >= 15 is 0 Å². The molecule has 0 fully saturated rings. The van der Waals surface area contributed by atoms with Gasteiger partial charge in [0.1, 0.15) is 0 Å². The van der Waals surface area contributed by atoms with Gasteiger partial charge in [-0.25, -0.2) is 0 Å². The number of benzene rings is 2. The van der Waals surface area contributed by atoms with Gasteiger partial charge in [-0.15, -0.1) is 11.8 Å². The molecule has 2 aromatic carbocycles. The summed E-state index contributed by atoms with van der Waals surface area (Å²) in [5.41, 5.74) is 2.07. The van der Waals surface area contributed by atoms with Crippen molar-refractivity contribution in [1.29, 1.82) is 5.26 Å². The van der Waals surface area contributed by atoms with Crippen molar-refractivity contribution in [3.63, 3.8) is 0 Å². The zero-order chi connectivity index (χ0) is 15.2. The van der Waals surface area contributed by atoms with Crippen molar-refractivity contribution in [1.82, 2.24) is 0 Å². The minimum Gasteiger partial charge on any atom is -0.258 e. The Labute approximate surface area is 126 Å². The average Bonchev–Trinajstić information content (AvgIpc) is 2.53. The van der Waals surface area contributed by atoms with Gasteiger partial charge in [-0.05, 0) is 47.7 Å². The second-order valence-corrected chi connectivity index (χ2v) is 5.13. The molecular formula is C16H12N2O2S. The predicted molar refractivity (Wildman–Crippen MR) is 84.8 cm³/mol. The van der Waals surface area contributed by atoms with E-state index in [-0.39, 0.29) is 5.69 Å². The highest BCUT2D eigenvalue weighted by atomic mass is 32.2. The molecule has 0 aliphatic carbocycles. The molecule has 104 valence electrons. The second kappa shape index (κ2) is 6.73. The Balaban J connectivity index is 2.31. The van der Waals surface area contributed by atoms with Gasteiger partial charge >= 0.3 is 0 Å². The normalized spacial score (nSPS) is 11.0. The molecule has 0 heterocycles. The lowest BCUT2D eigenvalue weighted by Crippen LogP contribution is -1.88. The number of hydrogen-bond acceptors (Lipinski definition) is 4. The van der Waals surface area contributed by atoms with Crippen LogP contribution in [0.3, 0.4) is 0 Å². The van der Waals surface area contributed by atoms with Crippen LogP contribution >= 0.6 is 11.8 Å². The zero-order valence-corrected chi connectivity index (χ0v) is 12.1. The fourth-order valence-electron chi connectivity index (χ4n) is 1.81. The van der Waals surface area contributed by atoms with Crippen LogP contribution in [-0.4, -0.2) is 11.2 Å². The zero-order valence-electron chi connectivity index (χ0n) is 11.3. The van der Waals surface area contributed by atoms with Gasteiger partial charge in [-0.1, -0.05) is 12.1 Å². The van der Waals surface area contributed by atoms with E-state index < -0.39 is 4.92 Å². The lowest BCUT2D eigenvalue weighted by atomic mass is 10.0. The van der Waals surface area contributed by atoms with Crippen LogP contribution in [0.4, 0.5) is 5.69 Å². The fraction of sp³-hybridized carbons (Fsp3) is 0.0625. The van der Waals surface area contributed by atoms with Crippen molar-refractivity contribution < 1.29 is 4.92 Å². The second-order valence-electron chi connectivity index (χ2n) is 4.25. The largest absolute Gasteiger partial charge is 0.269 e. The fourth-order valence-corrected chi connectivity index (χ4v) is 2.22. The van der Waals surface area contributed by atoms with Crippen LogP contribution in [0, 0.1) is 21.4 Å². The van der Waals surface area contributed by atoms with E-state index in [1.165, 1.54) is 12.1 Å². The number of thioether (sulfide) groups is 1. The molecule has 0 radical (unpaired) electrons. The summed E-state index contributed by atoms with van der Waals surface area (Å²) in [6.07, 6.45) is 3.77. The Bertz CT molecular complexity index is 713. The lowest BCUT2D eigenvalue weighted by molar-refractivity contribution is -0.384. The van der Waals surface area contributed by atoms with Crippen LogP contribution in [0.25, 0.3) is 11.6 Å². The molecule has 2 rings (SSSR count). The summed E-state index contributed by atoms with van der Waals surface area (Å²) in [5, 5.41) is 19.9. The van der Waals surface area contributed by atoms with E-state index in [0.29, 0.717) is 11.1 Å². The summed E-state index contributed by atoms with van der Waals surface area (Å²) in [4.78, 5) is 11.3. The predicted octanol–water partition coefficient (Wildman–Crippen LogP) is 4.38. The number of nitro benzene ring substituents is 1. The van der Waals surface area contributed by atoms with E-state index in [9.17, 15) is 15.4 Å². The molecule has 0 atom stereocenters. The summed E-state index contributed by atoms with van der Waals surface area (Å²) in [6.45, 7) is 0. The molecule has 0 saturated carbocycles. The third-order valence-corrected chi connectivity index (χ3v) is 3.68. The molecule has 0 aliphatic rings. The Hall–Kier alpha value is -2.58. The van der Waals surface area contributed by atoms with Crippen molar-refractivity contribution in [3.05, 3.63) is 69.8 Å². The highest BCUT2D eigenvalue weighted by Crippen LogP contribution is 2.22. The SMILES string of the molecule is CSc1ccc(C=C(C#N)c2ccc([N+](=O)[O-])cc2)cc1. The van der Waals surface area contributed by atoms with E-state index in [1.54, 1.807) is 30.0 Å². The number of nitriles is 1. The van der Waals surface area contributed by atoms with E-state index in [2.05, 4.69) is 6.07 Å². The Morgan fingerprint density at radius 1 is 1.19 bits per heavy atom. The van der Waals surface area contributed by atoms with E-state index in [4.69, 9.17) is 0 Å². The third kappa shape index (κ3) is 3.71. The van der Waals surface area contributed by atoms with Gasteiger partial charge in [0.05, 0.1) is 16.6 Å². The molecule has 0 aromatic heterocycles. The van der Waals surface area contributed by atoms with Gasteiger partial charge in [0, 0.05) is 17.0 Å². The van der Waals surface area contributed by atoms with Crippen LogP contribution in [0.5, 0.6) is 0 Å². The van der Waals surface area contributed by atoms with Crippen molar-refractivity contribution in [2.24, 2.45) is 0 Å². The number of hydrogen-bond donors (Lipinski definition) is 0. The van der Waals surface area contributed by atoms with Crippen molar-refractivity contribution in [3.8, 4) is 6.07 Å². The van der Waals surface area contributed by atoms with Gasteiger partial charge in [0.15, 0.2) is 0 Å². The first-order chi connectivity index (χ1) is 10.1. The summed E-state index contributed by atoms with van der Waals surface area (Å²) in [5.74, 6) is 0. The van der Waals surface area contributed by atoms with E-state index in [0.717, 1.165) is 10.5 Å². The topological polar surface area (TPSA) is 66.9 Å². The van der Waals surface area contributed by atoms with Crippen LogP contribution < -0.4 is 0 Å². The third-order valence-electron chi connectivity index (χ3n) is 2.94. The molecule has 0 N–H and O–H groups in total. The van der Waals surface area contributed by atoms with Crippen LogP contribution in [0.2, 0.25) is 0 Å². The van der Waals surface area contributed by atoms with Gasteiger partial charge in [0.2, 0.25) is 0 Å². The maximum absolute atomic E-state index is 10.6. The minimum absolute atomic E-state index is 0.0142. The van der Waals surface area contributed by atoms with E-state index in [1.807, 2.05) is 30.5 Å². The molecule has 0 bridgehead atoms. The van der Waals surface area contributed by atoms with Gasteiger partial charge in [0.25, 0.3) is 5.69 Å². The molecule has 0 amide bonds. The number of nitro groups is 1. The summed E-state index contributed by atoms with van der Waals surface area (Å²) < 4.78 is 0. The summed E-state index contributed by atoms with van der Waals surface area (Å²) >= 11 is 1.65. The first-order valence-corrected chi connectivity index (χ1v) is 7.37. The highest BCUT2D eigenvalue weighted by molar-refractivity contribution is 7.98. The quantitative estimate of drug-likeness (QED) is 0.276. The number of rotatable bonds is 4. The molecule has 0 saturated heterocycles. The Kier molecular flexibility index (Phi) is 4.75. The highest BCUT2D eigenvalue weighted by Gasteiger charge is 2.06. The first kappa shape index (κ1) is 14.8.